The van der Waals surface area contributed by atoms with Crippen molar-refractivity contribution in [3.8, 4) is 0 Å². The number of likely N-dealkylation sites (tertiary alicyclic amines) is 1. The van der Waals surface area contributed by atoms with Crippen LogP contribution in [0.5, 0.6) is 0 Å². The van der Waals surface area contributed by atoms with E-state index in [1.54, 1.807) is 6.07 Å². The summed E-state index contributed by atoms with van der Waals surface area (Å²) in [7, 11) is 0. The first-order valence-electron chi connectivity index (χ1n) is 10.9. The summed E-state index contributed by atoms with van der Waals surface area (Å²) < 4.78 is 0. The van der Waals surface area contributed by atoms with Gasteiger partial charge in [0.1, 0.15) is 0 Å². The molecule has 0 spiro atoms. The lowest BCUT2D eigenvalue weighted by atomic mass is 9.74. The van der Waals surface area contributed by atoms with Crippen LogP contribution in [-0.4, -0.2) is 52.4 Å². The van der Waals surface area contributed by atoms with Crippen LogP contribution in [0.3, 0.4) is 0 Å². The van der Waals surface area contributed by atoms with E-state index in [4.69, 9.17) is 0 Å². The van der Waals surface area contributed by atoms with Crippen molar-refractivity contribution in [3.05, 3.63) is 33.7 Å². The number of amides is 1. The average Bonchev–Trinajstić information content (AvgIpc) is 2.68. The van der Waals surface area contributed by atoms with E-state index in [0.29, 0.717) is 29.9 Å². The third-order valence-corrected chi connectivity index (χ3v) is 7.01. The molecule has 3 aliphatic rings. The molecule has 0 unspecified atom stereocenters. The maximum atomic E-state index is 13.2. The van der Waals surface area contributed by atoms with Crippen molar-refractivity contribution in [1.29, 1.82) is 0 Å². The van der Waals surface area contributed by atoms with Crippen LogP contribution in [0.2, 0.25) is 0 Å². The van der Waals surface area contributed by atoms with Gasteiger partial charge in [-0.05, 0) is 50.0 Å². The first kappa shape index (κ1) is 18.7. The molecule has 3 fully saturated rings. The monoisotopic (exact) mass is 371 g/mol. The molecular formula is C22H33N3O2. The fraction of sp³-hybridized carbons (Fsp3) is 0.727. The Bertz CT molecular complexity index is 741. The van der Waals surface area contributed by atoms with E-state index >= 15 is 0 Å². The Hall–Kier alpha value is -1.62. The molecule has 5 heteroatoms. The number of carbonyl (C=O) groups excluding carboxylic acids is 1. The molecule has 0 aliphatic carbocycles. The standard InChI is InChI=1S/C22H33N3O2/c1-3-6-17-7-5-8-20-16-11-15(13-25(17)20)12-24(14-16)22(27)18-9-10-21(26)23-19(18)4-2/h9-10,15-17,20H,3-8,11-14H2,1-2H3,(H,23,26)/t15-,16+,17-,20-/m0/s1. The number of hydrogen-bond donors (Lipinski definition) is 1. The van der Waals surface area contributed by atoms with Crippen LogP contribution in [0.4, 0.5) is 0 Å². The summed E-state index contributed by atoms with van der Waals surface area (Å²) in [6, 6.07) is 4.61. The summed E-state index contributed by atoms with van der Waals surface area (Å²) in [6.07, 6.45) is 8.50. The molecule has 148 valence electrons. The van der Waals surface area contributed by atoms with E-state index in [-0.39, 0.29) is 11.5 Å². The Morgan fingerprint density at radius 1 is 1.19 bits per heavy atom. The van der Waals surface area contributed by atoms with Gasteiger partial charge in [-0.1, -0.05) is 26.7 Å². The molecular weight excluding hydrogens is 338 g/mol. The summed E-state index contributed by atoms with van der Waals surface area (Å²) in [6.45, 7) is 7.17. The zero-order chi connectivity index (χ0) is 19.0. The van der Waals surface area contributed by atoms with E-state index in [0.717, 1.165) is 31.4 Å². The first-order valence-corrected chi connectivity index (χ1v) is 10.9. The van der Waals surface area contributed by atoms with Crippen molar-refractivity contribution in [2.45, 2.75) is 70.9 Å². The van der Waals surface area contributed by atoms with Crippen molar-refractivity contribution >= 4 is 5.91 Å². The number of aromatic amines is 1. The van der Waals surface area contributed by atoms with Gasteiger partial charge in [-0.15, -0.1) is 0 Å². The van der Waals surface area contributed by atoms with Gasteiger partial charge in [-0.3, -0.25) is 14.5 Å². The molecule has 1 aromatic heterocycles. The number of nitrogens with one attached hydrogen (secondary N) is 1. The van der Waals surface area contributed by atoms with Gasteiger partial charge >= 0.3 is 0 Å². The quantitative estimate of drug-likeness (QED) is 0.885. The summed E-state index contributed by atoms with van der Waals surface area (Å²) in [5, 5.41) is 0. The molecule has 5 nitrogen and oxygen atoms in total. The molecule has 0 aromatic carbocycles. The Kier molecular flexibility index (Phi) is 5.40. The van der Waals surface area contributed by atoms with Crippen molar-refractivity contribution in [3.63, 3.8) is 0 Å². The molecule has 4 heterocycles. The van der Waals surface area contributed by atoms with Crippen molar-refractivity contribution < 1.29 is 4.79 Å². The molecule has 27 heavy (non-hydrogen) atoms. The summed E-state index contributed by atoms with van der Waals surface area (Å²) in [5.41, 5.74) is 1.32. The van der Waals surface area contributed by atoms with Gasteiger partial charge < -0.3 is 9.88 Å². The fourth-order valence-corrected chi connectivity index (χ4v) is 5.89. The van der Waals surface area contributed by atoms with Crippen LogP contribution in [0.1, 0.15) is 68.4 Å². The fourth-order valence-electron chi connectivity index (χ4n) is 5.89. The van der Waals surface area contributed by atoms with E-state index < -0.39 is 0 Å². The number of nitrogens with zero attached hydrogens (tertiary/aromatic N) is 2. The highest BCUT2D eigenvalue weighted by Gasteiger charge is 2.45. The number of aryl methyl sites for hydroxylation is 1. The Balaban J connectivity index is 1.53. The molecule has 4 rings (SSSR count). The zero-order valence-corrected chi connectivity index (χ0v) is 16.7. The molecule has 2 bridgehead atoms. The van der Waals surface area contributed by atoms with Gasteiger partial charge in [0.25, 0.3) is 5.91 Å². The lowest BCUT2D eigenvalue weighted by Crippen LogP contribution is -2.62. The maximum absolute atomic E-state index is 13.2. The Morgan fingerprint density at radius 2 is 2.04 bits per heavy atom. The SMILES string of the molecule is CCC[C@H]1CCC[C@H]2[C@@H]3C[C@@H](CN(C(=O)c4ccc(=O)[nH]c4CC)C3)CN12. The number of piperidine rings is 3. The number of carbonyl (C=O) groups is 1. The highest BCUT2D eigenvalue weighted by Crippen LogP contribution is 2.40. The Labute approximate surface area is 162 Å². The number of fused-ring (bicyclic) bond motifs is 4. The summed E-state index contributed by atoms with van der Waals surface area (Å²) in [4.78, 5) is 32.6. The minimum absolute atomic E-state index is 0.104. The van der Waals surface area contributed by atoms with Crippen LogP contribution in [0, 0.1) is 11.8 Å². The first-order chi connectivity index (χ1) is 13.1. The highest BCUT2D eigenvalue weighted by atomic mass is 16.2. The largest absolute Gasteiger partial charge is 0.338 e. The second-order valence-corrected chi connectivity index (χ2v) is 8.78. The van der Waals surface area contributed by atoms with E-state index in [1.165, 1.54) is 44.6 Å². The number of H-pyrrole nitrogens is 1. The average molecular weight is 372 g/mol. The molecule has 1 amide bonds. The van der Waals surface area contributed by atoms with Crippen LogP contribution >= 0.6 is 0 Å². The number of pyridine rings is 1. The molecule has 0 radical (unpaired) electrons. The minimum Gasteiger partial charge on any atom is -0.338 e. The van der Waals surface area contributed by atoms with E-state index in [2.05, 4.69) is 21.7 Å². The van der Waals surface area contributed by atoms with Crippen LogP contribution in [-0.2, 0) is 6.42 Å². The van der Waals surface area contributed by atoms with Gasteiger partial charge in [0, 0.05) is 43.5 Å². The third-order valence-electron chi connectivity index (χ3n) is 7.01. The lowest BCUT2D eigenvalue weighted by Gasteiger charge is -2.55. The topological polar surface area (TPSA) is 56.4 Å². The molecule has 3 saturated heterocycles. The molecule has 1 aromatic rings. The molecule has 4 atom stereocenters. The van der Waals surface area contributed by atoms with Gasteiger partial charge in [0.05, 0.1) is 5.56 Å². The smallest absolute Gasteiger partial charge is 0.255 e. The van der Waals surface area contributed by atoms with Crippen molar-refractivity contribution in [1.82, 2.24) is 14.8 Å². The second-order valence-electron chi connectivity index (χ2n) is 8.78. The number of rotatable bonds is 4. The Morgan fingerprint density at radius 3 is 2.81 bits per heavy atom. The van der Waals surface area contributed by atoms with Crippen molar-refractivity contribution in [2.75, 3.05) is 19.6 Å². The predicted molar refractivity (Wildman–Crippen MR) is 107 cm³/mol. The predicted octanol–water partition coefficient (Wildman–Crippen LogP) is 3.05. The maximum Gasteiger partial charge on any atom is 0.255 e. The summed E-state index contributed by atoms with van der Waals surface area (Å²) in [5.74, 6) is 1.30. The normalized spacial score (nSPS) is 30.8. The lowest BCUT2D eigenvalue weighted by molar-refractivity contribution is -0.0519. The molecule has 1 N–H and O–H groups in total. The van der Waals surface area contributed by atoms with Crippen LogP contribution < -0.4 is 5.56 Å². The second kappa shape index (κ2) is 7.78. The minimum atomic E-state index is -0.126. The van der Waals surface area contributed by atoms with Crippen LogP contribution in [0.15, 0.2) is 16.9 Å². The van der Waals surface area contributed by atoms with E-state index in [9.17, 15) is 9.59 Å². The van der Waals surface area contributed by atoms with Gasteiger partial charge in [-0.2, -0.15) is 0 Å². The molecule has 3 aliphatic heterocycles. The number of aromatic nitrogens is 1. The van der Waals surface area contributed by atoms with Crippen molar-refractivity contribution in [2.24, 2.45) is 11.8 Å². The van der Waals surface area contributed by atoms with Gasteiger partial charge in [0.2, 0.25) is 5.56 Å². The zero-order valence-electron chi connectivity index (χ0n) is 16.7. The van der Waals surface area contributed by atoms with Gasteiger partial charge in [0.15, 0.2) is 0 Å². The third kappa shape index (κ3) is 3.58. The van der Waals surface area contributed by atoms with Crippen LogP contribution in [0.25, 0.3) is 0 Å². The van der Waals surface area contributed by atoms with Gasteiger partial charge in [-0.25, -0.2) is 0 Å². The molecule has 0 saturated carbocycles. The number of hydrogen-bond acceptors (Lipinski definition) is 3. The van der Waals surface area contributed by atoms with E-state index in [1.807, 2.05) is 6.92 Å². The summed E-state index contributed by atoms with van der Waals surface area (Å²) >= 11 is 0. The highest BCUT2D eigenvalue weighted by molar-refractivity contribution is 5.95.